The van der Waals surface area contributed by atoms with E-state index in [1.807, 2.05) is 0 Å². The quantitative estimate of drug-likeness (QED) is 0.912. The van der Waals surface area contributed by atoms with Crippen molar-refractivity contribution in [2.75, 3.05) is 36.1 Å². The maximum Gasteiger partial charge on any atom is 0.411 e. The largest absolute Gasteiger partial charge is 0.495 e. The third-order valence-corrected chi connectivity index (χ3v) is 4.86. The topological polar surface area (TPSA) is 84.9 Å². The minimum atomic E-state index is -3.26. The van der Waals surface area contributed by atoms with Gasteiger partial charge in [-0.2, -0.15) is 0 Å². The second kappa shape index (κ2) is 5.58. The van der Waals surface area contributed by atoms with Gasteiger partial charge in [-0.25, -0.2) is 13.2 Å². The standard InChI is InChI=1S/C12H16N2O5S/c1-18-11-5-4-9(8-10(11)13-12(15)19-2)14-6-3-7-20(14,16)17/h4-5,8H,3,6-7H2,1-2H3,(H,13,15). The smallest absolute Gasteiger partial charge is 0.411 e. The number of carbonyl (C=O) groups excluding carboxylic acids is 1. The lowest BCUT2D eigenvalue weighted by Crippen LogP contribution is -2.25. The van der Waals surface area contributed by atoms with Crippen molar-refractivity contribution in [3.05, 3.63) is 18.2 Å². The first-order chi connectivity index (χ1) is 9.47. The fourth-order valence-corrected chi connectivity index (χ4v) is 3.60. The normalized spacial score (nSPS) is 16.8. The van der Waals surface area contributed by atoms with Gasteiger partial charge in [-0.05, 0) is 24.6 Å². The lowest BCUT2D eigenvalue weighted by atomic mass is 10.2. The van der Waals surface area contributed by atoms with E-state index < -0.39 is 16.1 Å². The maximum atomic E-state index is 11.9. The van der Waals surface area contributed by atoms with Crippen LogP contribution in [-0.4, -0.2) is 41.0 Å². The van der Waals surface area contributed by atoms with Gasteiger partial charge in [-0.15, -0.1) is 0 Å². The molecule has 1 aromatic carbocycles. The maximum absolute atomic E-state index is 11.9. The van der Waals surface area contributed by atoms with Crippen LogP contribution in [0.1, 0.15) is 6.42 Å². The van der Waals surface area contributed by atoms with Crippen LogP contribution in [0.25, 0.3) is 0 Å². The molecule has 8 heteroatoms. The number of ether oxygens (including phenoxy) is 2. The first kappa shape index (κ1) is 14.4. The summed E-state index contributed by atoms with van der Waals surface area (Å²) in [6.07, 6.45) is -0.0570. The van der Waals surface area contributed by atoms with Crippen LogP contribution < -0.4 is 14.4 Å². The molecule has 1 heterocycles. The highest BCUT2D eigenvalue weighted by Crippen LogP contribution is 2.32. The average molecular weight is 300 g/mol. The molecular formula is C12H16N2O5S. The van der Waals surface area contributed by atoms with E-state index in [4.69, 9.17) is 4.74 Å². The van der Waals surface area contributed by atoms with Crippen molar-refractivity contribution in [1.82, 2.24) is 0 Å². The van der Waals surface area contributed by atoms with Crippen molar-refractivity contribution >= 4 is 27.5 Å². The molecule has 1 aromatic rings. The molecular weight excluding hydrogens is 284 g/mol. The number of nitrogens with one attached hydrogen (secondary N) is 1. The minimum absolute atomic E-state index is 0.138. The Morgan fingerprint density at radius 3 is 2.65 bits per heavy atom. The van der Waals surface area contributed by atoms with Crippen molar-refractivity contribution in [2.24, 2.45) is 0 Å². The molecule has 20 heavy (non-hydrogen) atoms. The first-order valence-corrected chi connectivity index (χ1v) is 7.62. The van der Waals surface area contributed by atoms with Crippen LogP contribution in [-0.2, 0) is 14.8 Å². The van der Waals surface area contributed by atoms with Crippen molar-refractivity contribution in [3.63, 3.8) is 0 Å². The van der Waals surface area contributed by atoms with Gasteiger partial charge in [0, 0.05) is 6.54 Å². The summed E-state index contributed by atoms with van der Waals surface area (Å²) in [7, 11) is -0.553. The van der Waals surface area contributed by atoms with E-state index in [-0.39, 0.29) is 5.75 Å². The van der Waals surface area contributed by atoms with Gasteiger partial charge in [-0.1, -0.05) is 0 Å². The third kappa shape index (κ3) is 2.79. The van der Waals surface area contributed by atoms with Crippen molar-refractivity contribution in [1.29, 1.82) is 0 Å². The molecule has 0 atom stereocenters. The SMILES string of the molecule is COC(=O)Nc1cc(N2CCCS2(=O)=O)ccc1OC. The molecule has 0 aliphatic carbocycles. The highest BCUT2D eigenvalue weighted by atomic mass is 32.2. The fourth-order valence-electron chi connectivity index (χ4n) is 2.04. The van der Waals surface area contributed by atoms with Gasteiger partial charge < -0.3 is 9.47 Å². The van der Waals surface area contributed by atoms with E-state index in [1.165, 1.54) is 18.5 Å². The second-order valence-corrected chi connectivity index (χ2v) is 6.26. The third-order valence-electron chi connectivity index (χ3n) is 2.99. The Labute approximate surface area is 117 Å². The Kier molecular flexibility index (Phi) is 4.03. The number of anilines is 2. The summed E-state index contributed by atoms with van der Waals surface area (Å²) in [6, 6.07) is 4.80. The lowest BCUT2D eigenvalue weighted by molar-refractivity contribution is 0.187. The average Bonchev–Trinajstić information content (AvgIpc) is 2.78. The van der Waals surface area contributed by atoms with E-state index in [0.717, 1.165) is 0 Å². The molecule has 1 aliphatic heterocycles. The zero-order valence-electron chi connectivity index (χ0n) is 11.3. The molecule has 0 unspecified atom stereocenters. The number of amides is 1. The molecule has 0 radical (unpaired) electrons. The molecule has 2 rings (SSSR count). The van der Waals surface area contributed by atoms with Gasteiger partial charge in [0.05, 0.1) is 31.3 Å². The van der Waals surface area contributed by atoms with Crippen molar-refractivity contribution < 1.29 is 22.7 Å². The Hall–Kier alpha value is -1.96. The summed E-state index contributed by atoms with van der Waals surface area (Å²) < 4.78 is 34.8. The highest BCUT2D eigenvalue weighted by molar-refractivity contribution is 7.93. The van der Waals surface area contributed by atoms with Crippen LogP contribution in [0.3, 0.4) is 0 Å². The van der Waals surface area contributed by atoms with E-state index in [2.05, 4.69) is 10.1 Å². The van der Waals surface area contributed by atoms with Gasteiger partial charge in [0.2, 0.25) is 10.0 Å². The number of rotatable bonds is 3. The molecule has 7 nitrogen and oxygen atoms in total. The van der Waals surface area contributed by atoms with Crippen LogP contribution in [0.4, 0.5) is 16.2 Å². The fraction of sp³-hybridized carbons (Fsp3) is 0.417. The van der Waals surface area contributed by atoms with Crippen molar-refractivity contribution in [2.45, 2.75) is 6.42 Å². The molecule has 1 fully saturated rings. The zero-order chi connectivity index (χ0) is 14.8. The van der Waals surface area contributed by atoms with Crippen molar-refractivity contribution in [3.8, 4) is 5.75 Å². The lowest BCUT2D eigenvalue weighted by Gasteiger charge is -2.19. The van der Waals surface area contributed by atoms with Crippen LogP contribution in [0.15, 0.2) is 18.2 Å². The highest BCUT2D eigenvalue weighted by Gasteiger charge is 2.29. The van der Waals surface area contributed by atoms with Gasteiger partial charge in [0.1, 0.15) is 5.75 Å². The van der Waals surface area contributed by atoms with Gasteiger partial charge in [0.15, 0.2) is 0 Å². The van der Waals surface area contributed by atoms with E-state index >= 15 is 0 Å². The molecule has 0 spiro atoms. The molecule has 1 N–H and O–H groups in total. The summed E-state index contributed by atoms with van der Waals surface area (Å²) >= 11 is 0. The number of carbonyl (C=O) groups is 1. The molecule has 1 saturated heterocycles. The number of nitrogens with zero attached hydrogens (tertiary/aromatic N) is 1. The Morgan fingerprint density at radius 2 is 2.10 bits per heavy atom. The number of hydrogen-bond acceptors (Lipinski definition) is 5. The van der Waals surface area contributed by atoms with Crippen LogP contribution >= 0.6 is 0 Å². The van der Waals surface area contributed by atoms with E-state index in [9.17, 15) is 13.2 Å². The van der Waals surface area contributed by atoms with E-state index in [0.29, 0.717) is 30.1 Å². The number of sulfonamides is 1. The molecule has 0 aromatic heterocycles. The summed E-state index contributed by atoms with van der Waals surface area (Å²) in [6.45, 7) is 0.437. The summed E-state index contributed by atoms with van der Waals surface area (Å²) in [4.78, 5) is 11.3. The predicted octanol–water partition coefficient (Wildman–Crippen LogP) is 1.41. The summed E-state index contributed by atoms with van der Waals surface area (Å²) in [5.74, 6) is 0.564. The number of hydrogen-bond donors (Lipinski definition) is 1. The molecule has 110 valence electrons. The second-order valence-electron chi connectivity index (χ2n) is 4.24. The molecule has 1 aliphatic rings. The Morgan fingerprint density at radius 1 is 1.35 bits per heavy atom. The Balaban J connectivity index is 2.37. The van der Waals surface area contributed by atoms with Gasteiger partial charge in [0.25, 0.3) is 0 Å². The van der Waals surface area contributed by atoms with Crippen LogP contribution in [0, 0.1) is 0 Å². The number of methoxy groups -OCH3 is 2. The minimum Gasteiger partial charge on any atom is -0.495 e. The molecule has 0 saturated carbocycles. The molecule has 0 bridgehead atoms. The van der Waals surface area contributed by atoms with Gasteiger partial charge >= 0.3 is 6.09 Å². The summed E-state index contributed by atoms with van der Waals surface area (Å²) in [5.41, 5.74) is 0.855. The number of benzene rings is 1. The zero-order valence-corrected chi connectivity index (χ0v) is 12.1. The van der Waals surface area contributed by atoms with Crippen LogP contribution in [0.5, 0.6) is 5.75 Å². The monoisotopic (exact) mass is 300 g/mol. The predicted molar refractivity (Wildman–Crippen MR) is 74.8 cm³/mol. The summed E-state index contributed by atoms with van der Waals surface area (Å²) in [5, 5.41) is 2.49. The molecule has 1 amide bonds. The Bertz CT molecular complexity index is 614. The van der Waals surface area contributed by atoms with Gasteiger partial charge in [-0.3, -0.25) is 9.62 Å². The van der Waals surface area contributed by atoms with Crippen LogP contribution in [0.2, 0.25) is 0 Å². The first-order valence-electron chi connectivity index (χ1n) is 6.01. The van der Waals surface area contributed by atoms with E-state index in [1.54, 1.807) is 18.2 Å².